The van der Waals surface area contributed by atoms with Crippen LogP contribution in [0.15, 0.2) is 66.2 Å². The lowest BCUT2D eigenvalue weighted by Gasteiger charge is -2.27. The van der Waals surface area contributed by atoms with Gasteiger partial charge in [-0.3, -0.25) is 14.9 Å². The van der Waals surface area contributed by atoms with E-state index in [0.717, 1.165) is 10.5 Å². The number of urea groups is 1. The van der Waals surface area contributed by atoms with Crippen molar-refractivity contribution in [2.24, 2.45) is 0 Å². The average Bonchev–Trinajstić information content (AvgIpc) is 2.78. The third-order valence-electron chi connectivity index (χ3n) is 5.31. The summed E-state index contributed by atoms with van der Waals surface area (Å²) < 4.78 is 19.8. The Labute approximate surface area is 200 Å². The Balaban J connectivity index is 1.70. The van der Waals surface area contributed by atoms with Gasteiger partial charge in [-0.2, -0.15) is 0 Å². The van der Waals surface area contributed by atoms with Crippen LogP contribution in [0.3, 0.4) is 0 Å². The Morgan fingerprint density at radius 3 is 2.53 bits per heavy atom. The SMILES string of the molecule is Cc1ccc(N2C(=O)NC(=O)/C(=C\c3cc(Cl)ccc3OCc3ccccc3F)C2=O)c(C)c1. The lowest BCUT2D eigenvalue weighted by molar-refractivity contribution is -0.122. The van der Waals surface area contributed by atoms with Crippen LogP contribution in [0.1, 0.15) is 22.3 Å². The van der Waals surface area contributed by atoms with Gasteiger partial charge in [0.25, 0.3) is 11.8 Å². The van der Waals surface area contributed by atoms with Crippen LogP contribution in [0.4, 0.5) is 14.9 Å². The minimum atomic E-state index is -0.837. The van der Waals surface area contributed by atoms with Crippen molar-refractivity contribution < 1.29 is 23.5 Å². The molecule has 0 aliphatic carbocycles. The minimum Gasteiger partial charge on any atom is -0.488 e. The van der Waals surface area contributed by atoms with Crippen LogP contribution < -0.4 is 15.0 Å². The zero-order valence-corrected chi connectivity index (χ0v) is 19.2. The van der Waals surface area contributed by atoms with E-state index in [2.05, 4.69) is 5.32 Å². The normalized spacial score (nSPS) is 15.0. The summed E-state index contributed by atoms with van der Waals surface area (Å²) in [4.78, 5) is 39.3. The van der Waals surface area contributed by atoms with Crippen molar-refractivity contribution in [2.75, 3.05) is 4.90 Å². The monoisotopic (exact) mass is 478 g/mol. The number of ether oxygens (including phenoxy) is 1. The maximum atomic E-state index is 14.0. The molecule has 1 aliphatic rings. The molecule has 4 amide bonds. The number of rotatable bonds is 5. The van der Waals surface area contributed by atoms with E-state index in [1.165, 1.54) is 18.2 Å². The fourth-order valence-electron chi connectivity index (χ4n) is 3.62. The molecular weight excluding hydrogens is 459 g/mol. The number of benzene rings is 3. The number of hydrogen-bond donors (Lipinski definition) is 1. The van der Waals surface area contributed by atoms with Crippen LogP contribution in [0.5, 0.6) is 5.75 Å². The summed E-state index contributed by atoms with van der Waals surface area (Å²) in [6.45, 7) is 3.60. The highest BCUT2D eigenvalue weighted by Gasteiger charge is 2.37. The number of halogens is 2. The molecule has 1 N–H and O–H groups in total. The van der Waals surface area contributed by atoms with Gasteiger partial charge < -0.3 is 4.74 Å². The van der Waals surface area contributed by atoms with Gasteiger partial charge in [-0.1, -0.05) is 47.5 Å². The van der Waals surface area contributed by atoms with Crippen LogP contribution in [0, 0.1) is 19.7 Å². The predicted octanol–water partition coefficient (Wildman–Crippen LogP) is 5.34. The van der Waals surface area contributed by atoms with Crippen molar-refractivity contribution in [2.45, 2.75) is 20.5 Å². The molecule has 0 saturated carbocycles. The standard InChI is InChI=1S/C26H20ClFN2O4/c1-15-7-9-22(16(2)11-15)30-25(32)20(24(31)29-26(30)33)13-18-12-19(27)8-10-23(18)34-14-17-5-3-4-6-21(17)28/h3-13H,14H2,1-2H3,(H,29,31,33)/b20-13+. The molecule has 3 aromatic carbocycles. The molecule has 0 aromatic heterocycles. The van der Waals surface area contributed by atoms with Crippen molar-refractivity contribution in [3.8, 4) is 5.75 Å². The number of nitrogens with one attached hydrogen (secondary N) is 1. The molecule has 3 aromatic rings. The minimum absolute atomic E-state index is 0.0716. The third kappa shape index (κ3) is 4.70. The van der Waals surface area contributed by atoms with Gasteiger partial charge in [-0.05, 0) is 55.8 Å². The van der Waals surface area contributed by atoms with Crippen LogP contribution in [0.25, 0.3) is 6.08 Å². The van der Waals surface area contributed by atoms with Gasteiger partial charge in [0.15, 0.2) is 0 Å². The second-order valence-electron chi connectivity index (χ2n) is 7.81. The van der Waals surface area contributed by atoms with E-state index in [1.54, 1.807) is 49.4 Å². The first-order valence-electron chi connectivity index (χ1n) is 10.4. The number of hydrogen-bond acceptors (Lipinski definition) is 4. The summed E-state index contributed by atoms with van der Waals surface area (Å²) in [6, 6.07) is 15.3. The molecule has 172 valence electrons. The van der Waals surface area contributed by atoms with Crippen molar-refractivity contribution in [1.29, 1.82) is 0 Å². The molecule has 0 spiro atoms. The van der Waals surface area contributed by atoms with Crippen LogP contribution >= 0.6 is 11.6 Å². The summed E-state index contributed by atoms with van der Waals surface area (Å²) in [5.74, 6) is -1.74. The van der Waals surface area contributed by atoms with E-state index in [1.807, 2.05) is 13.0 Å². The summed E-state index contributed by atoms with van der Waals surface area (Å²) in [5, 5.41) is 2.55. The fraction of sp³-hybridized carbons (Fsp3) is 0.115. The average molecular weight is 479 g/mol. The molecule has 8 heteroatoms. The largest absolute Gasteiger partial charge is 0.488 e. The summed E-state index contributed by atoms with van der Waals surface area (Å²) in [5.41, 5.74) is 2.44. The third-order valence-corrected chi connectivity index (χ3v) is 5.54. The van der Waals surface area contributed by atoms with E-state index in [4.69, 9.17) is 16.3 Å². The lowest BCUT2D eigenvalue weighted by Crippen LogP contribution is -2.54. The number of nitrogens with zero attached hydrogens (tertiary/aromatic N) is 1. The highest BCUT2D eigenvalue weighted by atomic mass is 35.5. The summed E-state index contributed by atoms with van der Waals surface area (Å²) in [7, 11) is 0. The molecule has 0 bridgehead atoms. The Bertz CT molecular complexity index is 1350. The van der Waals surface area contributed by atoms with Crippen molar-refractivity contribution >= 4 is 41.2 Å². The van der Waals surface area contributed by atoms with Crippen LogP contribution in [-0.4, -0.2) is 17.8 Å². The van der Waals surface area contributed by atoms with Crippen LogP contribution in [-0.2, 0) is 16.2 Å². The zero-order chi connectivity index (χ0) is 24.4. The molecule has 1 fully saturated rings. The van der Waals surface area contributed by atoms with Gasteiger partial charge >= 0.3 is 6.03 Å². The Kier molecular flexibility index (Phi) is 6.47. The van der Waals surface area contributed by atoms with Gasteiger partial charge in [-0.15, -0.1) is 0 Å². The number of anilines is 1. The molecule has 1 heterocycles. The lowest BCUT2D eigenvalue weighted by atomic mass is 10.0. The maximum Gasteiger partial charge on any atom is 0.335 e. The number of amides is 4. The van der Waals surface area contributed by atoms with E-state index in [-0.39, 0.29) is 17.9 Å². The maximum absolute atomic E-state index is 14.0. The summed E-state index contributed by atoms with van der Waals surface area (Å²) >= 11 is 6.14. The summed E-state index contributed by atoms with van der Waals surface area (Å²) in [6.07, 6.45) is 1.31. The van der Waals surface area contributed by atoms with E-state index in [9.17, 15) is 18.8 Å². The second-order valence-corrected chi connectivity index (χ2v) is 8.25. The van der Waals surface area contributed by atoms with Gasteiger partial charge in [0.2, 0.25) is 0 Å². The first-order valence-corrected chi connectivity index (χ1v) is 10.8. The van der Waals surface area contributed by atoms with Crippen molar-refractivity contribution in [3.63, 3.8) is 0 Å². The van der Waals surface area contributed by atoms with Gasteiger partial charge in [0.05, 0.1) is 5.69 Å². The van der Waals surface area contributed by atoms with Gasteiger partial charge in [0.1, 0.15) is 23.7 Å². The predicted molar refractivity (Wildman–Crippen MR) is 127 cm³/mol. The van der Waals surface area contributed by atoms with Crippen molar-refractivity contribution in [3.05, 3.63) is 99.3 Å². The molecule has 6 nitrogen and oxygen atoms in total. The number of barbiturate groups is 1. The molecule has 0 atom stereocenters. The van der Waals surface area contributed by atoms with Crippen LogP contribution in [0.2, 0.25) is 5.02 Å². The van der Waals surface area contributed by atoms with E-state index < -0.39 is 23.7 Å². The van der Waals surface area contributed by atoms with E-state index >= 15 is 0 Å². The smallest absolute Gasteiger partial charge is 0.335 e. The number of aryl methyl sites for hydroxylation is 2. The topological polar surface area (TPSA) is 75.7 Å². The quantitative estimate of drug-likeness (QED) is 0.396. The fourth-order valence-corrected chi connectivity index (χ4v) is 3.80. The van der Waals surface area contributed by atoms with Gasteiger partial charge in [-0.25, -0.2) is 14.1 Å². The first kappa shape index (κ1) is 23.2. The Hall–Kier alpha value is -3.97. The first-order chi connectivity index (χ1) is 16.2. The number of imide groups is 2. The second kappa shape index (κ2) is 9.49. The molecule has 1 aliphatic heterocycles. The molecule has 1 saturated heterocycles. The number of carbonyl (C=O) groups is 3. The zero-order valence-electron chi connectivity index (χ0n) is 18.4. The molecule has 0 radical (unpaired) electrons. The van der Waals surface area contributed by atoms with Gasteiger partial charge in [0, 0.05) is 16.1 Å². The Morgan fingerprint density at radius 1 is 1.03 bits per heavy atom. The van der Waals surface area contributed by atoms with E-state index in [0.29, 0.717) is 27.4 Å². The van der Waals surface area contributed by atoms with Crippen molar-refractivity contribution in [1.82, 2.24) is 5.32 Å². The highest BCUT2D eigenvalue weighted by Crippen LogP contribution is 2.30. The highest BCUT2D eigenvalue weighted by molar-refractivity contribution is 6.39. The molecule has 34 heavy (non-hydrogen) atoms. The molecule has 4 rings (SSSR count). The number of carbonyl (C=O) groups excluding carboxylic acids is 3. The Morgan fingerprint density at radius 2 is 1.79 bits per heavy atom. The molecular formula is C26H20ClFN2O4. The molecule has 0 unspecified atom stereocenters.